The van der Waals surface area contributed by atoms with E-state index < -0.39 is 0 Å². The summed E-state index contributed by atoms with van der Waals surface area (Å²) in [5.74, 6) is 0. The SMILES string of the molecule is CC1(C)CN(C2NC=NC3SC=NC32)c2ccccc21. The second kappa shape index (κ2) is 4.25. The van der Waals surface area contributed by atoms with E-state index in [1.807, 2.05) is 11.9 Å². The summed E-state index contributed by atoms with van der Waals surface area (Å²) >= 11 is 1.71. The zero-order valence-electron chi connectivity index (χ0n) is 11.7. The summed E-state index contributed by atoms with van der Waals surface area (Å²) < 4.78 is 0. The molecule has 1 N–H and O–H groups in total. The molecule has 1 aromatic rings. The van der Waals surface area contributed by atoms with Gasteiger partial charge in [0.05, 0.1) is 11.9 Å². The highest BCUT2D eigenvalue weighted by Crippen LogP contribution is 2.42. The molecule has 3 unspecified atom stereocenters. The third kappa shape index (κ3) is 1.69. The third-order valence-electron chi connectivity index (χ3n) is 4.36. The number of hydrogen-bond donors (Lipinski definition) is 1. The van der Waals surface area contributed by atoms with Gasteiger partial charge < -0.3 is 10.2 Å². The molecule has 0 spiro atoms. The van der Waals surface area contributed by atoms with Crippen LogP contribution >= 0.6 is 11.8 Å². The fraction of sp³-hybridized carbons (Fsp3) is 0.467. The average molecular weight is 286 g/mol. The van der Waals surface area contributed by atoms with E-state index in [4.69, 9.17) is 0 Å². The Balaban J connectivity index is 1.74. The van der Waals surface area contributed by atoms with Gasteiger partial charge in [0.2, 0.25) is 0 Å². The molecule has 0 radical (unpaired) electrons. The quantitative estimate of drug-likeness (QED) is 0.860. The number of rotatable bonds is 1. The number of fused-ring (bicyclic) bond motifs is 2. The van der Waals surface area contributed by atoms with Crippen molar-refractivity contribution in [3.05, 3.63) is 29.8 Å². The minimum absolute atomic E-state index is 0.178. The molecule has 3 heterocycles. The Morgan fingerprint density at radius 2 is 2.15 bits per heavy atom. The predicted molar refractivity (Wildman–Crippen MR) is 85.9 cm³/mol. The number of aliphatic imine (C=N–C) groups is 2. The molecule has 0 saturated heterocycles. The van der Waals surface area contributed by atoms with Crippen molar-refractivity contribution in [3.63, 3.8) is 0 Å². The lowest BCUT2D eigenvalue weighted by Gasteiger charge is -2.37. The van der Waals surface area contributed by atoms with Crippen LogP contribution in [-0.2, 0) is 5.41 Å². The standard InChI is InChI=1S/C15H18N4S/c1-15(2)7-19(11-6-4-3-5-10(11)15)13-12-14(17-8-16-13)20-9-18-12/h3-6,8-9,12-14H,7H2,1-2H3,(H,16,17). The van der Waals surface area contributed by atoms with Gasteiger partial charge in [-0.1, -0.05) is 43.8 Å². The lowest BCUT2D eigenvalue weighted by Crippen LogP contribution is -2.57. The molecule has 5 heteroatoms. The highest BCUT2D eigenvalue weighted by atomic mass is 32.2. The van der Waals surface area contributed by atoms with Gasteiger partial charge in [0.25, 0.3) is 0 Å². The van der Waals surface area contributed by atoms with Crippen molar-refractivity contribution in [1.82, 2.24) is 5.32 Å². The second-order valence-corrected chi connectivity index (χ2v) is 7.16. The number of anilines is 1. The van der Waals surface area contributed by atoms with Gasteiger partial charge >= 0.3 is 0 Å². The number of para-hydroxylation sites is 1. The molecule has 4 rings (SSSR count). The molecule has 0 aliphatic carbocycles. The maximum absolute atomic E-state index is 4.62. The van der Waals surface area contributed by atoms with Crippen LogP contribution in [0, 0.1) is 0 Å². The fourth-order valence-electron chi connectivity index (χ4n) is 3.39. The number of hydrogen-bond acceptors (Lipinski definition) is 5. The molecule has 4 nitrogen and oxygen atoms in total. The van der Waals surface area contributed by atoms with Crippen LogP contribution in [0.1, 0.15) is 19.4 Å². The molecule has 3 aliphatic heterocycles. The zero-order chi connectivity index (χ0) is 13.7. The van der Waals surface area contributed by atoms with E-state index in [9.17, 15) is 0 Å². The summed E-state index contributed by atoms with van der Waals surface area (Å²) in [7, 11) is 0. The van der Waals surface area contributed by atoms with Crippen LogP contribution in [0.2, 0.25) is 0 Å². The van der Waals surface area contributed by atoms with Gasteiger partial charge in [0.1, 0.15) is 17.6 Å². The van der Waals surface area contributed by atoms with Gasteiger partial charge in [-0.2, -0.15) is 0 Å². The van der Waals surface area contributed by atoms with E-state index in [2.05, 4.69) is 58.3 Å². The largest absolute Gasteiger partial charge is 0.355 e. The number of nitrogens with one attached hydrogen (secondary N) is 1. The summed E-state index contributed by atoms with van der Waals surface area (Å²) in [6.45, 7) is 5.64. The molecule has 3 aliphatic rings. The second-order valence-electron chi connectivity index (χ2n) is 6.19. The summed E-state index contributed by atoms with van der Waals surface area (Å²) in [4.78, 5) is 11.6. The van der Waals surface area contributed by atoms with Gasteiger partial charge in [-0.3, -0.25) is 9.98 Å². The minimum atomic E-state index is 0.178. The summed E-state index contributed by atoms with van der Waals surface area (Å²) in [5.41, 5.74) is 4.88. The van der Waals surface area contributed by atoms with E-state index in [-0.39, 0.29) is 23.0 Å². The summed E-state index contributed by atoms with van der Waals surface area (Å²) in [5, 5.41) is 3.65. The van der Waals surface area contributed by atoms with Crippen molar-refractivity contribution in [2.24, 2.45) is 9.98 Å². The summed E-state index contributed by atoms with van der Waals surface area (Å²) in [6.07, 6.45) is 2.05. The van der Waals surface area contributed by atoms with Crippen LogP contribution < -0.4 is 10.2 Å². The Kier molecular flexibility index (Phi) is 2.61. The first-order valence-corrected chi connectivity index (χ1v) is 7.92. The first kappa shape index (κ1) is 12.3. The molecule has 20 heavy (non-hydrogen) atoms. The number of nitrogens with zero attached hydrogens (tertiary/aromatic N) is 3. The van der Waals surface area contributed by atoms with Gasteiger partial charge in [0.15, 0.2) is 0 Å². The summed E-state index contributed by atoms with van der Waals surface area (Å²) in [6, 6.07) is 8.92. The molecule has 1 aromatic carbocycles. The fourth-order valence-corrected chi connectivity index (χ4v) is 4.24. The predicted octanol–water partition coefficient (Wildman–Crippen LogP) is 2.21. The number of benzene rings is 1. The first-order chi connectivity index (χ1) is 9.67. The monoisotopic (exact) mass is 286 g/mol. The lowest BCUT2D eigenvalue weighted by molar-refractivity contribution is 0.426. The lowest BCUT2D eigenvalue weighted by atomic mass is 9.87. The highest BCUT2D eigenvalue weighted by molar-refractivity contribution is 8.12. The van der Waals surface area contributed by atoms with Crippen LogP contribution in [0.15, 0.2) is 34.3 Å². The van der Waals surface area contributed by atoms with E-state index in [0.29, 0.717) is 0 Å². The van der Waals surface area contributed by atoms with Crippen LogP contribution in [0.5, 0.6) is 0 Å². The van der Waals surface area contributed by atoms with Crippen molar-refractivity contribution in [3.8, 4) is 0 Å². The van der Waals surface area contributed by atoms with E-state index in [1.165, 1.54) is 11.3 Å². The average Bonchev–Trinajstić information content (AvgIpc) is 3.02. The van der Waals surface area contributed by atoms with Crippen LogP contribution in [-0.4, -0.2) is 36.0 Å². The van der Waals surface area contributed by atoms with Gasteiger partial charge in [-0.15, -0.1) is 0 Å². The van der Waals surface area contributed by atoms with Gasteiger partial charge in [-0.05, 0) is 11.6 Å². The Morgan fingerprint density at radius 1 is 1.30 bits per heavy atom. The Morgan fingerprint density at radius 3 is 3.05 bits per heavy atom. The van der Waals surface area contributed by atoms with Gasteiger partial charge in [0, 0.05) is 17.6 Å². The van der Waals surface area contributed by atoms with Crippen molar-refractivity contribution >= 4 is 29.3 Å². The molecule has 0 amide bonds. The highest BCUT2D eigenvalue weighted by Gasteiger charge is 2.44. The minimum Gasteiger partial charge on any atom is -0.355 e. The van der Waals surface area contributed by atoms with Crippen LogP contribution in [0.4, 0.5) is 5.69 Å². The van der Waals surface area contributed by atoms with E-state index >= 15 is 0 Å². The van der Waals surface area contributed by atoms with E-state index in [0.717, 1.165) is 6.54 Å². The van der Waals surface area contributed by atoms with Crippen molar-refractivity contribution < 1.29 is 0 Å². The molecule has 104 valence electrons. The first-order valence-electron chi connectivity index (χ1n) is 6.98. The molecule has 0 fully saturated rings. The maximum Gasteiger partial charge on any atom is 0.128 e. The normalized spacial score (nSPS) is 32.9. The maximum atomic E-state index is 4.62. The molecular weight excluding hydrogens is 268 g/mol. The zero-order valence-corrected chi connectivity index (χ0v) is 12.5. The van der Waals surface area contributed by atoms with Crippen molar-refractivity contribution in [2.75, 3.05) is 11.4 Å². The van der Waals surface area contributed by atoms with Crippen LogP contribution in [0.25, 0.3) is 0 Å². The number of thioether (sulfide) groups is 1. The molecular formula is C15H18N4S. The van der Waals surface area contributed by atoms with Gasteiger partial charge in [-0.25, -0.2) is 0 Å². The van der Waals surface area contributed by atoms with Crippen molar-refractivity contribution in [1.29, 1.82) is 0 Å². The van der Waals surface area contributed by atoms with E-state index in [1.54, 1.807) is 11.8 Å². The Hall–Kier alpha value is -1.49. The molecule has 0 aromatic heterocycles. The van der Waals surface area contributed by atoms with Crippen molar-refractivity contribution in [2.45, 2.75) is 36.8 Å². The molecule has 0 bridgehead atoms. The molecule has 3 atom stereocenters. The molecule has 0 saturated carbocycles. The smallest absolute Gasteiger partial charge is 0.128 e. The Bertz CT molecular complexity index is 595. The van der Waals surface area contributed by atoms with Crippen LogP contribution in [0.3, 0.4) is 0 Å². The third-order valence-corrected chi connectivity index (χ3v) is 5.28. The topological polar surface area (TPSA) is 40.0 Å². The Labute approximate surface area is 123 Å².